The highest BCUT2D eigenvalue weighted by Gasteiger charge is 2.06. The summed E-state index contributed by atoms with van der Waals surface area (Å²) in [5.41, 5.74) is 0. The van der Waals surface area contributed by atoms with E-state index in [1.165, 1.54) is 0 Å². The molecule has 0 aromatic rings. The molecule has 0 aromatic carbocycles. The van der Waals surface area contributed by atoms with Gasteiger partial charge in [-0.3, -0.25) is 4.79 Å². The zero-order chi connectivity index (χ0) is 8.85. The van der Waals surface area contributed by atoms with Gasteiger partial charge >= 0.3 is 0 Å². The van der Waals surface area contributed by atoms with E-state index in [1.54, 1.807) is 6.92 Å². The molecule has 2 heteroatoms. The van der Waals surface area contributed by atoms with E-state index in [4.69, 9.17) is 5.11 Å². The van der Waals surface area contributed by atoms with E-state index < -0.39 is 0 Å². The van der Waals surface area contributed by atoms with Crippen LogP contribution in [0, 0.1) is 5.92 Å². The first-order valence-corrected chi connectivity index (χ1v) is 4.24. The molecule has 2 nitrogen and oxygen atoms in total. The minimum atomic E-state index is -0.269. The van der Waals surface area contributed by atoms with Crippen LogP contribution < -0.4 is 0 Å². The van der Waals surface area contributed by atoms with Crippen molar-refractivity contribution in [3.8, 4) is 0 Å². The first-order valence-electron chi connectivity index (χ1n) is 4.24. The molecule has 0 heterocycles. The Morgan fingerprint density at radius 1 is 1.36 bits per heavy atom. The fourth-order valence-electron chi connectivity index (χ4n) is 0.860. The monoisotopic (exact) mass is 158 g/mol. The Balaban J connectivity index is 3.32. The minimum absolute atomic E-state index is 0.143. The molecule has 11 heavy (non-hydrogen) atoms. The second-order valence-electron chi connectivity index (χ2n) is 3.36. The van der Waals surface area contributed by atoms with Crippen LogP contribution in [0.4, 0.5) is 0 Å². The highest BCUT2D eigenvalue weighted by atomic mass is 16.3. The number of carbonyl (C=O) groups excluding carboxylic acids is 1. The summed E-state index contributed by atoms with van der Waals surface area (Å²) >= 11 is 0. The number of Topliss-reactive ketones (excluding diaryl/α,β-unsaturated/α-hetero) is 1. The van der Waals surface area contributed by atoms with E-state index in [1.807, 2.05) is 13.8 Å². The maximum atomic E-state index is 11.0. The van der Waals surface area contributed by atoms with Crippen molar-refractivity contribution in [2.75, 3.05) is 0 Å². The largest absolute Gasteiger partial charge is 0.393 e. The summed E-state index contributed by atoms with van der Waals surface area (Å²) < 4.78 is 0. The van der Waals surface area contributed by atoms with Gasteiger partial charge in [-0.2, -0.15) is 0 Å². The van der Waals surface area contributed by atoms with Crippen molar-refractivity contribution in [3.05, 3.63) is 0 Å². The van der Waals surface area contributed by atoms with Gasteiger partial charge in [-0.05, 0) is 19.8 Å². The molecule has 0 rings (SSSR count). The fourth-order valence-corrected chi connectivity index (χ4v) is 0.860. The Kier molecular flexibility index (Phi) is 5.12. The van der Waals surface area contributed by atoms with E-state index in [2.05, 4.69) is 0 Å². The van der Waals surface area contributed by atoms with Gasteiger partial charge in [0.05, 0.1) is 6.10 Å². The number of rotatable bonds is 5. The quantitative estimate of drug-likeness (QED) is 0.662. The number of carbonyl (C=O) groups is 1. The second kappa shape index (κ2) is 5.30. The molecule has 0 amide bonds. The van der Waals surface area contributed by atoms with Crippen LogP contribution in [0.15, 0.2) is 0 Å². The van der Waals surface area contributed by atoms with Crippen molar-refractivity contribution in [2.45, 2.75) is 46.1 Å². The third-order valence-electron chi connectivity index (χ3n) is 1.69. The lowest BCUT2D eigenvalue weighted by Crippen LogP contribution is -2.08. The van der Waals surface area contributed by atoms with Crippen LogP contribution >= 0.6 is 0 Å². The summed E-state index contributed by atoms with van der Waals surface area (Å²) in [6, 6.07) is 0. The number of hydrogen-bond acceptors (Lipinski definition) is 2. The topological polar surface area (TPSA) is 37.3 Å². The maximum Gasteiger partial charge on any atom is 0.135 e. The average Bonchev–Trinajstić information content (AvgIpc) is 1.86. The van der Waals surface area contributed by atoms with Gasteiger partial charge in [0, 0.05) is 12.3 Å². The second-order valence-corrected chi connectivity index (χ2v) is 3.36. The molecule has 0 aromatic heterocycles. The minimum Gasteiger partial charge on any atom is -0.393 e. The fraction of sp³-hybridized carbons (Fsp3) is 0.889. The average molecular weight is 158 g/mol. The normalized spacial score (nSPS) is 13.5. The molecule has 0 spiro atoms. The van der Waals surface area contributed by atoms with Crippen LogP contribution in [0.2, 0.25) is 0 Å². The van der Waals surface area contributed by atoms with Crippen molar-refractivity contribution in [1.82, 2.24) is 0 Å². The zero-order valence-electron chi connectivity index (χ0n) is 7.63. The summed E-state index contributed by atoms with van der Waals surface area (Å²) in [6.45, 7) is 5.56. The molecule has 66 valence electrons. The third-order valence-corrected chi connectivity index (χ3v) is 1.69. The van der Waals surface area contributed by atoms with E-state index in [-0.39, 0.29) is 12.0 Å². The molecule has 0 aliphatic rings. The number of ketones is 1. The Bertz CT molecular complexity index is 117. The molecule has 0 aliphatic heterocycles. The van der Waals surface area contributed by atoms with E-state index in [9.17, 15) is 4.79 Å². The Labute approximate surface area is 68.6 Å². The summed E-state index contributed by atoms with van der Waals surface area (Å²) in [7, 11) is 0. The van der Waals surface area contributed by atoms with Gasteiger partial charge in [-0.15, -0.1) is 0 Å². The predicted molar refractivity (Wildman–Crippen MR) is 45.4 cm³/mol. The van der Waals surface area contributed by atoms with Gasteiger partial charge in [-0.1, -0.05) is 13.8 Å². The smallest absolute Gasteiger partial charge is 0.135 e. The van der Waals surface area contributed by atoms with Crippen LogP contribution in [0.1, 0.15) is 40.0 Å². The first-order chi connectivity index (χ1) is 5.04. The molecule has 0 aliphatic carbocycles. The van der Waals surface area contributed by atoms with Crippen LogP contribution in [-0.4, -0.2) is 17.0 Å². The number of aliphatic hydroxyl groups is 1. The molecule has 0 saturated heterocycles. The molecule has 0 radical (unpaired) electrons. The van der Waals surface area contributed by atoms with E-state index >= 15 is 0 Å². The molecule has 0 bridgehead atoms. The molecule has 0 saturated carbocycles. The number of aliphatic hydroxyl groups excluding tert-OH is 1. The molecule has 1 atom stereocenters. The summed E-state index contributed by atoms with van der Waals surface area (Å²) in [5.74, 6) is 0.439. The van der Waals surface area contributed by atoms with Gasteiger partial charge in [0.2, 0.25) is 0 Å². The predicted octanol–water partition coefficient (Wildman–Crippen LogP) is 1.76. The molecular weight excluding hydrogens is 140 g/mol. The van der Waals surface area contributed by atoms with Crippen LogP contribution in [0.3, 0.4) is 0 Å². The van der Waals surface area contributed by atoms with Gasteiger partial charge in [0.15, 0.2) is 0 Å². The lowest BCUT2D eigenvalue weighted by molar-refractivity contribution is -0.122. The van der Waals surface area contributed by atoms with E-state index in [0.717, 1.165) is 12.8 Å². The highest BCUT2D eigenvalue weighted by Crippen LogP contribution is 2.05. The third kappa shape index (κ3) is 6.05. The first kappa shape index (κ1) is 10.6. The van der Waals surface area contributed by atoms with Crippen molar-refractivity contribution in [3.63, 3.8) is 0 Å². The summed E-state index contributed by atoms with van der Waals surface area (Å²) in [6.07, 6.45) is 1.89. The van der Waals surface area contributed by atoms with Crippen molar-refractivity contribution in [2.24, 2.45) is 5.92 Å². The molecule has 0 fully saturated rings. The van der Waals surface area contributed by atoms with Gasteiger partial charge < -0.3 is 5.11 Å². The Morgan fingerprint density at radius 2 is 1.91 bits per heavy atom. The lowest BCUT2D eigenvalue weighted by Gasteiger charge is -2.04. The SMILES string of the molecule is CC(O)CCCC(=O)C(C)C. The molecular formula is C9H18O2. The Morgan fingerprint density at radius 3 is 2.27 bits per heavy atom. The zero-order valence-corrected chi connectivity index (χ0v) is 7.63. The van der Waals surface area contributed by atoms with Gasteiger partial charge in [0.25, 0.3) is 0 Å². The standard InChI is InChI=1S/C9H18O2/c1-7(2)9(11)6-4-5-8(3)10/h7-8,10H,4-6H2,1-3H3. The maximum absolute atomic E-state index is 11.0. The lowest BCUT2D eigenvalue weighted by atomic mass is 10.0. The van der Waals surface area contributed by atoms with Crippen LogP contribution in [-0.2, 0) is 4.79 Å². The molecule has 1 N–H and O–H groups in total. The van der Waals surface area contributed by atoms with Crippen molar-refractivity contribution >= 4 is 5.78 Å². The van der Waals surface area contributed by atoms with Crippen LogP contribution in [0.25, 0.3) is 0 Å². The number of hydrogen-bond donors (Lipinski definition) is 1. The van der Waals surface area contributed by atoms with E-state index in [0.29, 0.717) is 12.2 Å². The van der Waals surface area contributed by atoms with Gasteiger partial charge in [0.1, 0.15) is 5.78 Å². The Hall–Kier alpha value is -0.370. The molecule has 1 unspecified atom stereocenters. The van der Waals surface area contributed by atoms with Gasteiger partial charge in [-0.25, -0.2) is 0 Å². The van der Waals surface area contributed by atoms with Crippen molar-refractivity contribution < 1.29 is 9.90 Å². The highest BCUT2D eigenvalue weighted by molar-refractivity contribution is 5.80. The van der Waals surface area contributed by atoms with Crippen molar-refractivity contribution in [1.29, 1.82) is 0 Å². The summed E-state index contributed by atoms with van der Waals surface area (Å²) in [4.78, 5) is 11.0. The summed E-state index contributed by atoms with van der Waals surface area (Å²) in [5, 5.41) is 8.89. The van der Waals surface area contributed by atoms with Crippen LogP contribution in [0.5, 0.6) is 0 Å².